The Bertz CT molecular complexity index is 1880. The number of pyridine rings is 1. The first-order valence-corrected chi connectivity index (χ1v) is 14.9. The van der Waals surface area contributed by atoms with Gasteiger partial charge in [-0.15, -0.1) is 0 Å². The molecule has 3 atom stereocenters. The van der Waals surface area contributed by atoms with E-state index in [4.69, 9.17) is 26.9 Å². The van der Waals surface area contributed by atoms with Crippen LogP contribution in [0.5, 0.6) is 0 Å². The number of rotatable bonds is 7. The van der Waals surface area contributed by atoms with Gasteiger partial charge in [0.05, 0.1) is 24.4 Å². The zero-order valence-electron chi connectivity index (χ0n) is 24.7. The number of amides is 4. The van der Waals surface area contributed by atoms with Crippen molar-refractivity contribution in [3.05, 3.63) is 101 Å². The molecule has 3 N–H and O–H groups in total. The molecule has 2 unspecified atom stereocenters. The van der Waals surface area contributed by atoms with E-state index in [0.717, 1.165) is 4.90 Å². The first kappa shape index (κ1) is 31.8. The van der Waals surface area contributed by atoms with Crippen LogP contribution in [0.3, 0.4) is 0 Å². The van der Waals surface area contributed by atoms with E-state index in [1.54, 1.807) is 60.7 Å². The van der Waals surface area contributed by atoms with Gasteiger partial charge < -0.3 is 19.5 Å². The van der Waals surface area contributed by atoms with Crippen LogP contribution < -0.4 is 15.6 Å². The predicted octanol–water partition coefficient (Wildman–Crippen LogP) is 3.21. The van der Waals surface area contributed by atoms with E-state index < -0.39 is 61.0 Å². The minimum Gasteiger partial charge on any atom is -0.433 e. The predicted molar refractivity (Wildman–Crippen MR) is 169 cm³/mol. The topological polar surface area (TPSA) is 173 Å². The molecule has 0 spiro atoms. The Morgan fingerprint density at radius 2 is 1.70 bits per heavy atom. The van der Waals surface area contributed by atoms with Crippen LogP contribution in [0.15, 0.2) is 85.1 Å². The summed E-state index contributed by atoms with van der Waals surface area (Å²) >= 11 is 5.95. The zero-order valence-corrected chi connectivity index (χ0v) is 25.4. The molecule has 6 rings (SSSR count). The minimum absolute atomic E-state index is 0.00797. The zero-order chi connectivity index (χ0) is 33.2. The number of aliphatic hydroxyl groups is 1. The Morgan fingerprint density at radius 3 is 2.45 bits per heavy atom. The summed E-state index contributed by atoms with van der Waals surface area (Å²) in [5.41, 5.74) is 0.688. The molecule has 14 heteroatoms. The number of para-hydroxylation sites is 2. The maximum Gasteiger partial charge on any atom is 0.346 e. The number of fused-ring (bicyclic) bond motifs is 2. The highest BCUT2D eigenvalue weighted by atomic mass is 35.5. The molecule has 0 radical (unpaired) electrons. The lowest BCUT2D eigenvalue weighted by Gasteiger charge is -2.32. The second-order valence-electron chi connectivity index (χ2n) is 10.9. The van der Waals surface area contributed by atoms with Crippen molar-refractivity contribution in [1.82, 2.24) is 9.99 Å². The van der Waals surface area contributed by atoms with Crippen molar-refractivity contribution in [2.45, 2.75) is 25.4 Å². The maximum atomic E-state index is 14.4. The Balaban J connectivity index is 1.37. The van der Waals surface area contributed by atoms with E-state index in [0.29, 0.717) is 31.3 Å². The number of aliphatic hydroxyl groups excluding tert-OH is 1. The van der Waals surface area contributed by atoms with Crippen molar-refractivity contribution < 1.29 is 38.6 Å². The molecule has 4 aromatic rings. The number of cyclic esters (lactones) is 1. The number of hydrazine groups is 1. The molecular weight excluding hydrogens is 630 g/mol. The number of anilines is 2. The van der Waals surface area contributed by atoms with Crippen molar-refractivity contribution in [2.75, 3.05) is 23.0 Å². The van der Waals surface area contributed by atoms with E-state index in [9.17, 15) is 29.1 Å². The number of halogens is 1. The normalized spacial score (nSPS) is 19.3. The first-order chi connectivity index (χ1) is 22.7. The molecule has 2 aliphatic heterocycles. The number of urea groups is 1. The standard InChI is InChI=1S/C33H28ClN5O8/c34-21-11-9-19(10-12-21)18-46-32-26(15-28(42)47-32)39(35)33(45)38-25-8-4-3-7-24(25)37(27(41)17-40)16-23(31(38)44)30(43)29-22-6-2-1-5-20(22)13-14-36-29/h1-14,23,26,32,40H,15-18,35H2/t23?,26-,32?/m0/s1. The van der Waals surface area contributed by atoms with Crippen molar-refractivity contribution >= 4 is 63.3 Å². The lowest BCUT2D eigenvalue weighted by molar-refractivity contribution is -0.170. The van der Waals surface area contributed by atoms with E-state index in [1.807, 2.05) is 0 Å². The molecule has 240 valence electrons. The fourth-order valence-electron chi connectivity index (χ4n) is 5.62. The SMILES string of the molecule is NN(C(=O)N1C(=O)C(C(=O)c2nccc3ccccc23)CN(C(=O)CO)c2ccccc21)[C@H]1CC(=O)OC1OCc1ccc(Cl)cc1. The molecule has 0 bridgehead atoms. The highest BCUT2D eigenvalue weighted by molar-refractivity contribution is 6.30. The molecule has 1 aromatic heterocycles. The molecule has 4 amide bonds. The number of ether oxygens (including phenoxy) is 2. The van der Waals surface area contributed by atoms with Gasteiger partial charge in [-0.2, -0.15) is 0 Å². The smallest absolute Gasteiger partial charge is 0.346 e. The Kier molecular flexibility index (Phi) is 8.96. The van der Waals surface area contributed by atoms with Crippen LogP contribution in [0, 0.1) is 5.92 Å². The van der Waals surface area contributed by atoms with Crippen LogP contribution in [-0.2, 0) is 30.5 Å². The summed E-state index contributed by atoms with van der Waals surface area (Å²) in [4.78, 5) is 74.2. The Labute approximate surface area is 273 Å². The summed E-state index contributed by atoms with van der Waals surface area (Å²) in [5, 5.41) is 12.2. The fourth-order valence-corrected chi connectivity index (χ4v) is 5.75. The third kappa shape index (κ3) is 6.16. The van der Waals surface area contributed by atoms with Crippen molar-refractivity contribution in [3.63, 3.8) is 0 Å². The highest BCUT2D eigenvalue weighted by Crippen LogP contribution is 2.37. The third-order valence-electron chi connectivity index (χ3n) is 7.99. The van der Waals surface area contributed by atoms with Crippen LogP contribution in [0.4, 0.5) is 16.2 Å². The summed E-state index contributed by atoms with van der Waals surface area (Å²) in [6.07, 6.45) is -0.197. The number of ketones is 1. The van der Waals surface area contributed by atoms with Gasteiger partial charge >= 0.3 is 12.0 Å². The lowest BCUT2D eigenvalue weighted by Crippen LogP contribution is -2.58. The van der Waals surface area contributed by atoms with E-state index in [-0.39, 0.29) is 30.1 Å². The Morgan fingerprint density at radius 1 is 1.00 bits per heavy atom. The van der Waals surface area contributed by atoms with Gasteiger partial charge in [0.2, 0.25) is 12.2 Å². The number of hydrogen-bond acceptors (Lipinski definition) is 10. The summed E-state index contributed by atoms with van der Waals surface area (Å²) in [6.45, 7) is -1.43. The summed E-state index contributed by atoms with van der Waals surface area (Å²) < 4.78 is 11.1. The molecular formula is C33H28ClN5O8. The van der Waals surface area contributed by atoms with E-state index in [2.05, 4.69) is 4.98 Å². The summed E-state index contributed by atoms with van der Waals surface area (Å²) in [6, 6.07) is 19.1. The number of aromatic nitrogens is 1. The van der Waals surface area contributed by atoms with Crippen molar-refractivity contribution in [3.8, 4) is 0 Å². The maximum absolute atomic E-state index is 14.4. The number of carbonyl (C=O) groups excluding carboxylic acids is 5. The monoisotopic (exact) mass is 657 g/mol. The highest BCUT2D eigenvalue weighted by Gasteiger charge is 2.47. The van der Waals surface area contributed by atoms with Crippen LogP contribution in [-0.4, -0.2) is 70.2 Å². The summed E-state index contributed by atoms with van der Waals surface area (Å²) in [7, 11) is 0. The molecule has 3 aromatic carbocycles. The van der Waals surface area contributed by atoms with Crippen LogP contribution in [0.1, 0.15) is 22.5 Å². The number of Topliss-reactive ketones (excluding diaryl/α,β-unsaturated/α-hetero) is 1. The Hall–Kier alpha value is -5.21. The molecule has 1 saturated heterocycles. The molecule has 13 nitrogen and oxygen atoms in total. The number of nitrogens with two attached hydrogens (primary N) is 1. The number of hydrogen-bond donors (Lipinski definition) is 2. The van der Waals surface area contributed by atoms with E-state index in [1.165, 1.54) is 24.4 Å². The van der Waals surface area contributed by atoms with Gasteiger partial charge in [-0.25, -0.2) is 15.5 Å². The van der Waals surface area contributed by atoms with Crippen LogP contribution in [0.2, 0.25) is 5.02 Å². The molecule has 2 aliphatic rings. The fraction of sp³-hybridized carbons (Fsp3) is 0.212. The molecule has 3 heterocycles. The van der Waals surface area contributed by atoms with Crippen LogP contribution >= 0.6 is 11.6 Å². The summed E-state index contributed by atoms with van der Waals surface area (Å²) in [5.74, 6) is 1.47. The van der Waals surface area contributed by atoms with Crippen molar-refractivity contribution in [1.29, 1.82) is 0 Å². The van der Waals surface area contributed by atoms with Gasteiger partial charge in [-0.3, -0.25) is 29.2 Å². The van der Waals surface area contributed by atoms with Gasteiger partial charge in [-0.1, -0.05) is 60.1 Å². The van der Waals surface area contributed by atoms with Gasteiger partial charge in [0, 0.05) is 23.2 Å². The quantitative estimate of drug-likeness (QED) is 0.0750. The average molecular weight is 658 g/mol. The molecule has 0 aliphatic carbocycles. The average Bonchev–Trinajstić information content (AvgIpc) is 3.41. The number of nitrogens with zero attached hydrogens (tertiary/aromatic N) is 4. The number of carbonyl (C=O) groups is 5. The second kappa shape index (κ2) is 13.3. The van der Waals surface area contributed by atoms with Gasteiger partial charge in [0.15, 0.2) is 5.78 Å². The third-order valence-corrected chi connectivity index (χ3v) is 8.24. The molecule has 47 heavy (non-hydrogen) atoms. The second-order valence-corrected chi connectivity index (χ2v) is 11.3. The number of imide groups is 1. The minimum atomic E-state index is -1.63. The van der Waals surface area contributed by atoms with Gasteiger partial charge in [-0.05, 0) is 41.3 Å². The van der Waals surface area contributed by atoms with E-state index >= 15 is 0 Å². The molecule has 1 fully saturated rings. The first-order valence-electron chi connectivity index (χ1n) is 14.5. The van der Waals surface area contributed by atoms with Crippen molar-refractivity contribution in [2.24, 2.45) is 11.8 Å². The van der Waals surface area contributed by atoms with Gasteiger partial charge in [0.1, 0.15) is 24.3 Å². The molecule has 0 saturated carbocycles. The lowest BCUT2D eigenvalue weighted by atomic mass is 9.96. The number of benzene rings is 3. The largest absolute Gasteiger partial charge is 0.433 e. The van der Waals surface area contributed by atoms with Gasteiger partial charge in [0.25, 0.3) is 5.91 Å². The number of esters is 1. The van der Waals surface area contributed by atoms with Crippen LogP contribution in [0.25, 0.3) is 10.8 Å².